The number of rotatable bonds is 8. The maximum Gasteiger partial charge on any atom is 0.290 e. The topological polar surface area (TPSA) is 134 Å². The van der Waals surface area contributed by atoms with E-state index in [0.29, 0.717) is 41.6 Å². The second kappa shape index (κ2) is 11.7. The SMILES string of the molecule is CC(Oc1ccc(Nc2ccc(-c3cnc4cnccn34)c3c2C(=O)NC3)nc1CN(C)C)C1CC(F)(F)C1.O=CO. The molecular weight excluding hydrogens is 548 g/mol. The van der Waals surface area contributed by atoms with Crippen LogP contribution in [0.5, 0.6) is 5.75 Å². The number of alkyl halides is 2. The number of amides is 1. The maximum absolute atomic E-state index is 13.4. The van der Waals surface area contributed by atoms with E-state index in [-0.39, 0.29) is 37.2 Å². The Morgan fingerprint density at radius 2 is 2.02 bits per heavy atom. The van der Waals surface area contributed by atoms with Crippen molar-refractivity contribution in [3.63, 3.8) is 0 Å². The smallest absolute Gasteiger partial charge is 0.290 e. The Morgan fingerprint density at radius 3 is 2.74 bits per heavy atom. The van der Waals surface area contributed by atoms with E-state index in [9.17, 15) is 13.6 Å². The molecule has 13 heteroatoms. The third kappa shape index (κ3) is 5.86. The number of carboxylic acid groups (broad SMARTS) is 1. The Labute approximate surface area is 240 Å². The summed E-state index contributed by atoms with van der Waals surface area (Å²) in [6, 6.07) is 7.43. The quantitative estimate of drug-likeness (QED) is 0.261. The molecule has 1 aliphatic heterocycles. The summed E-state index contributed by atoms with van der Waals surface area (Å²) < 4.78 is 34.8. The first kappa shape index (κ1) is 28.9. The number of ether oxygens (including phenoxy) is 1. The summed E-state index contributed by atoms with van der Waals surface area (Å²) in [5, 5.41) is 13.1. The second-order valence-corrected chi connectivity index (χ2v) is 10.6. The average Bonchev–Trinajstić information content (AvgIpc) is 3.53. The van der Waals surface area contributed by atoms with E-state index in [1.807, 2.05) is 54.7 Å². The van der Waals surface area contributed by atoms with E-state index in [0.717, 1.165) is 22.5 Å². The summed E-state index contributed by atoms with van der Waals surface area (Å²) in [5.74, 6) is -1.82. The molecule has 42 heavy (non-hydrogen) atoms. The van der Waals surface area contributed by atoms with Gasteiger partial charge in [-0.3, -0.25) is 19.0 Å². The molecule has 0 saturated heterocycles. The van der Waals surface area contributed by atoms with Gasteiger partial charge in [0.05, 0.1) is 41.1 Å². The van der Waals surface area contributed by atoms with Crippen LogP contribution in [0.25, 0.3) is 16.9 Å². The average molecular weight is 580 g/mol. The molecule has 6 rings (SSSR count). The third-order valence-electron chi connectivity index (χ3n) is 7.32. The van der Waals surface area contributed by atoms with Crippen LogP contribution in [0.1, 0.15) is 41.4 Å². The van der Waals surface area contributed by atoms with Crippen LogP contribution in [0.3, 0.4) is 0 Å². The van der Waals surface area contributed by atoms with Crippen LogP contribution in [0.4, 0.5) is 20.3 Å². The zero-order chi connectivity index (χ0) is 30.0. The molecule has 0 radical (unpaired) electrons. The predicted octanol–water partition coefficient (Wildman–Crippen LogP) is 4.35. The first-order valence-electron chi connectivity index (χ1n) is 13.4. The van der Waals surface area contributed by atoms with Crippen LogP contribution in [0.2, 0.25) is 0 Å². The van der Waals surface area contributed by atoms with Crippen molar-refractivity contribution in [1.29, 1.82) is 0 Å². The Hall–Kier alpha value is -4.65. The molecule has 3 aromatic heterocycles. The highest BCUT2D eigenvalue weighted by Gasteiger charge is 2.48. The molecule has 3 N–H and O–H groups in total. The van der Waals surface area contributed by atoms with Gasteiger partial charge in [0, 0.05) is 49.8 Å². The fraction of sp³-hybridized carbons (Fsp3) is 0.345. The lowest BCUT2D eigenvalue weighted by Crippen LogP contribution is -2.43. The Bertz CT molecular complexity index is 1620. The number of carbonyl (C=O) groups is 2. The fourth-order valence-electron chi connectivity index (χ4n) is 5.29. The number of fused-ring (bicyclic) bond motifs is 2. The first-order chi connectivity index (χ1) is 20.1. The minimum absolute atomic E-state index is 0.153. The largest absolute Gasteiger partial charge is 0.488 e. The molecule has 11 nitrogen and oxygen atoms in total. The summed E-state index contributed by atoms with van der Waals surface area (Å²) >= 11 is 0. The highest BCUT2D eigenvalue weighted by atomic mass is 19.3. The predicted molar refractivity (Wildman–Crippen MR) is 151 cm³/mol. The molecule has 2 aliphatic rings. The van der Waals surface area contributed by atoms with E-state index < -0.39 is 5.92 Å². The highest BCUT2D eigenvalue weighted by molar-refractivity contribution is 6.06. The molecule has 1 unspecified atom stereocenters. The molecule has 220 valence electrons. The van der Waals surface area contributed by atoms with Gasteiger partial charge in [0.2, 0.25) is 5.92 Å². The molecule has 1 amide bonds. The fourth-order valence-corrected chi connectivity index (χ4v) is 5.29. The number of nitrogens with zero attached hydrogens (tertiary/aromatic N) is 5. The number of hydrogen-bond acceptors (Lipinski definition) is 8. The van der Waals surface area contributed by atoms with Crippen LogP contribution in [0, 0.1) is 5.92 Å². The van der Waals surface area contributed by atoms with Gasteiger partial charge in [-0.15, -0.1) is 0 Å². The lowest BCUT2D eigenvalue weighted by molar-refractivity contribution is -0.134. The molecule has 0 bridgehead atoms. The summed E-state index contributed by atoms with van der Waals surface area (Å²) in [7, 11) is 3.85. The van der Waals surface area contributed by atoms with Crippen LogP contribution in [0.15, 0.2) is 49.1 Å². The third-order valence-corrected chi connectivity index (χ3v) is 7.32. The molecule has 4 heterocycles. The zero-order valence-electron chi connectivity index (χ0n) is 23.3. The van der Waals surface area contributed by atoms with E-state index in [1.54, 1.807) is 24.7 Å². The van der Waals surface area contributed by atoms with E-state index in [4.69, 9.17) is 19.6 Å². The van der Waals surface area contributed by atoms with Gasteiger partial charge in [-0.2, -0.15) is 0 Å². The summed E-state index contributed by atoms with van der Waals surface area (Å²) in [6.07, 6.45) is 6.36. The number of pyridine rings is 1. The minimum Gasteiger partial charge on any atom is -0.488 e. The van der Waals surface area contributed by atoms with E-state index in [2.05, 4.69) is 20.6 Å². The van der Waals surface area contributed by atoms with Crippen molar-refractivity contribution in [3.8, 4) is 17.0 Å². The molecule has 1 atom stereocenters. The lowest BCUT2D eigenvalue weighted by atomic mass is 9.78. The first-order valence-corrected chi connectivity index (χ1v) is 13.4. The van der Waals surface area contributed by atoms with Gasteiger partial charge in [-0.05, 0) is 44.8 Å². The number of anilines is 2. The number of nitrogens with one attached hydrogen (secondary N) is 2. The van der Waals surface area contributed by atoms with E-state index >= 15 is 0 Å². The number of aromatic nitrogens is 4. The Balaban J connectivity index is 0.00000113. The van der Waals surface area contributed by atoms with Crippen LogP contribution >= 0.6 is 0 Å². The number of benzene rings is 1. The van der Waals surface area contributed by atoms with E-state index in [1.165, 1.54) is 0 Å². The number of carbonyl (C=O) groups excluding carboxylic acids is 1. The summed E-state index contributed by atoms with van der Waals surface area (Å²) in [6.45, 7) is 2.48. The van der Waals surface area contributed by atoms with Gasteiger partial charge in [0.1, 0.15) is 11.6 Å². The monoisotopic (exact) mass is 579 g/mol. The maximum atomic E-state index is 13.4. The molecule has 1 aromatic carbocycles. The van der Waals surface area contributed by atoms with Crippen LogP contribution < -0.4 is 15.4 Å². The molecule has 4 aromatic rings. The number of imidazole rings is 1. The van der Waals surface area contributed by atoms with Gasteiger partial charge in [0.15, 0.2) is 5.65 Å². The van der Waals surface area contributed by atoms with Crippen molar-refractivity contribution in [1.82, 2.24) is 29.6 Å². The van der Waals surface area contributed by atoms with Crippen molar-refractivity contribution < 1.29 is 28.2 Å². The second-order valence-electron chi connectivity index (χ2n) is 10.6. The Kier molecular flexibility index (Phi) is 8.03. The molecule has 1 saturated carbocycles. The standard InChI is InChI=1S/C28H29F2N7O2.CH2O2/c1-16(17-10-28(29,30)11-17)39-23-6-7-24(35-21(23)15-36(2)3)34-20-5-4-18(19-12-33-27(38)26(19)20)22-13-32-25-14-31-8-9-37(22)25;2-1-3/h4-9,13-14,16-17H,10-12,15H2,1-3H3,(H,33,38)(H,34,35);1H,(H,2,3). The van der Waals surface area contributed by atoms with Crippen molar-refractivity contribution >= 4 is 29.5 Å². The molecule has 0 spiro atoms. The van der Waals surface area contributed by atoms with Crippen molar-refractivity contribution in [2.75, 3.05) is 19.4 Å². The zero-order valence-corrected chi connectivity index (χ0v) is 23.3. The van der Waals surface area contributed by atoms with Gasteiger partial charge in [-0.25, -0.2) is 18.7 Å². The molecular formula is C29H31F2N7O4. The van der Waals surface area contributed by atoms with Gasteiger partial charge < -0.3 is 25.4 Å². The van der Waals surface area contributed by atoms with Gasteiger partial charge >= 0.3 is 0 Å². The lowest BCUT2D eigenvalue weighted by Gasteiger charge is -2.38. The minimum atomic E-state index is -2.59. The van der Waals surface area contributed by atoms with Crippen LogP contribution in [-0.2, 0) is 17.9 Å². The van der Waals surface area contributed by atoms with Crippen LogP contribution in [-0.4, -0.2) is 67.9 Å². The summed E-state index contributed by atoms with van der Waals surface area (Å²) in [5.41, 5.74) is 5.27. The van der Waals surface area contributed by atoms with Crippen molar-refractivity contribution in [2.24, 2.45) is 5.92 Å². The number of hydrogen-bond donors (Lipinski definition) is 3. The number of halogens is 2. The van der Waals surface area contributed by atoms with Gasteiger partial charge in [0.25, 0.3) is 12.4 Å². The van der Waals surface area contributed by atoms with Gasteiger partial charge in [-0.1, -0.05) is 6.07 Å². The van der Waals surface area contributed by atoms with Crippen molar-refractivity contribution in [3.05, 3.63) is 65.9 Å². The summed E-state index contributed by atoms with van der Waals surface area (Å²) in [4.78, 5) is 36.6. The molecule has 1 fully saturated rings. The molecule has 1 aliphatic carbocycles. The Morgan fingerprint density at radius 1 is 1.26 bits per heavy atom. The highest BCUT2D eigenvalue weighted by Crippen LogP contribution is 2.45. The normalized spacial score (nSPS) is 16.2. The van der Waals surface area contributed by atoms with Crippen molar-refractivity contribution in [2.45, 2.75) is 44.9 Å².